The zero-order valence-electron chi connectivity index (χ0n) is 16.0. The van der Waals surface area contributed by atoms with Crippen LogP contribution in [0.1, 0.15) is 54.2 Å². The summed E-state index contributed by atoms with van der Waals surface area (Å²) in [5.74, 6) is 0.439. The maximum absolute atomic E-state index is 12.4. The summed E-state index contributed by atoms with van der Waals surface area (Å²) >= 11 is 0. The van der Waals surface area contributed by atoms with Crippen LogP contribution in [0.5, 0.6) is 5.75 Å². The van der Waals surface area contributed by atoms with Crippen molar-refractivity contribution in [1.29, 1.82) is 0 Å². The molecule has 1 aromatic heterocycles. The van der Waals surface area contributed by atoms with Crippen LogP contribution < -0.4 is 15.7 Å². The number of aryl methyl sites for hydroxylation is 1. The van der Waals surface area contributed by atoms with Crippen molar-refractivity contribution in [3.05, 3.63) is 51.4 Å². The SMILES string of the molecule is CCCCCCOc1ccccc1C(=O)/C=N\Nc1nc(C)c(C)c(=O)[nH]1. The first-order valence-electron chi connectivity index (χ1n) is 9.15. The van der Waals surface area contributed by atoms with Crippen LogP contribution in [0.25, 0.3) is 0 Å². The minimum Gasteiger partial charge on any atom is -0.493 e. The highest BCUT2D eigenvalue weighted by Gasteiger charge is 2.10. The molecule has 7 nitrogen and oxygen atoms in total. The first-order valence-corrected chi connectivity index (χ1v) is 9.15. The molecular formula is C20H26N4O3. The normalized spacial score (nSPS) is 10.9. The van der Waals surface area contributed by atoms with Crippen molar-refractivity contribution >= 4 is 17.9 Å². The van der Waals surface area contributed by atoms with Gasteiger partial charge in [0.2, 0.25) is 11.7 Å². The number of aromatic nitrogens is 2. The fraction of sp³-hybridized carbons (Fsp3) is 0.400. The molecule has 0 bridgehead atoms. The minimum atomic E-state index is -0.294. The fourth-order valence-corrected chi connectivity index (χ4v) is 2.43. The maximum Gasteiger partial charge on any atom is 0.255 e. The first-order chi connectivity index (χ1) is 13.0. The molecular weight excluding hydrogens is 344 g/mol. The summed E-state index contributed by atoms with van der Waals surface area (Å²) in [5.41, 5.74) is 3.93. The van der Waals surface area contributed by atoms with E-state index < -0.39 is 0 Å². The van der Waals surface area contributed by atoms with E-state index in [1.807, 2.05) is 6.07 Å². The average Bonchev–Trinajstić information content (AvgIpc) is 2.66. The Morgan fingerprint density at radius 1 is 1.26 bits per heavy atom. The second-order valence-corrected chi connectivity index (χ2v) is 6.26. The van der Waals surface area contributed by atoms with Crippen molar-refractivity contribution in [3.8, 4) is 5.75 Å². The summed E-state index contributed by atoms with van der Waals surface area (Å²) in [6.45, 7) is 6.16. The van der Waals surface area contributed by atoms with E-state index in [4.69, 9.17) is 4.74 Å². The van der Waals surface area contributed by atoms with E-state index >= 15 is 0 Å². The van der Waals surface area contributed by atoms with E-state index in [-0.39, 0.29) is 17.3 Å². The standard InChI is InChI=1S/C20H26N4O3/c1-4-5-6-9-12-27-18-11-8-7-10-16(18)17(25)13-21-24-20-22-15(3)14(2)19(26)23-20/h7-8,10-11,13H,4-6,9,12H2,1-3H3,(H2,22,23,24,26)/b21-13-. The van der Waals surface area contributed by atoms with Gasteiger partial charge in [-0.1, -0.05) is 38.3 Å². The van der Waals surface area contributed by atoms with E-state index in [1.165, 1.54) is 12.8 Å². The molecule has 0 aliphatic rings. The number of H-pyrrole nitrogens is 1. The molecule has 0 amide bonds. The van der Waals surface area contributed by atoms with E-state index in [1.54, 1.807) is 32.0 Å². The highest BCUT2D eigenvalue weighted by atomic mass is 16.5. The highest BCUT2D eigenvalue weighted by Crippen LogP contribution is 2.18. The van der Waals surface area contributed by atoms with Gasteiger partial charge in [-0.3, -0.25) is 14.6 Å². The zero-order valence-corrected chi connectivity index (χ0v) is 16.0. The van der Waals surface area contributed by atoms with Crippen LogP contribution >= 0.6 is 0 Å². The monoisotopic (exact) mass is 370 g/mol. The van der Waals surface area contributed by atoms with Gasteiger partial charge in [0.25, 0.3) is 5.56 Å². The van der Waals surface area contributed by atoms with Gasteiger partial charge in [0.15, 0.2) is 0 Å². The number of para-hydroxylation sites is 1. The van der Waals surface area contributed by atoms with Crippen LogP contribution in [0, 0.1) is 13.8 Å². The number of nitrogens with one attached hydrogen (secondary N) is 2. The van der Waals surface area contributed by atoms with Crippen molar-refractivity contribution in [2.45, 2.75) is 46.5 Å². The van der Waals surface area contributed by atoms with Crippen molar-refractivity contribution in [2.24, 2.45) is 5.10 Å². The number of ether oxygens (including phenoxy) is 1. The molecule has 0 radical (unpaired) electrons. The molecule has 0 spiro atoms. The summed E-state index contributed by atoms with van der Waals surface area (Å²) < 4.78 is 5.75. The molecule has 1 heterocycles. The van der Waals surface area contributed by atoms with Crippen LogP contribution in [0.3, 0.4) is 0 Å². The summed E-state index contributed by atoms with van der Waals surface area (Å²) in [6.07, 6.45) is 5.56. The molecule has 2 rings (SSSR count). The second kappa shape index (κ2) is 10.3. The quantitative estimate of drug-likeness (QED) is 0.288. The maximum atomic E-state index is 12.4. The Kier molecular flexibility index (Phi) is 7.73. The molecule has 27 heavy (non-hydrogen) atoms. The van der Waals surface area contributed by atoms with Crippen molar-refractivity contribution in [3.63, 3.8) is 0 Å². The van der Waals surface area contributed by atoms with Crippen molar-refractivity contribution in [1.82, 2.24) is 9.97 Å². The van der Waals surface area contributed by atoms with Gasteiger partial charge in [0.05, 0.1) is 18.4 Å². The molecule has 144 valence electrons. The Morgan fingerprint density at radius 3 is 2.78 bits per heavy atom. The number of Topliss-reactive ketones (excluding diaryl/α,β-unsaturated/α-hetero) is 1. The van der Waals surface area contributed by atoms with Crippen LogP contribution in [0.15, 0.2) is 34.2 Å². The van der Waals surface area contributed by atoms with E-state index in [0.717, 1.165) is 19.1 Å². The largest absolute Gasteiger partial charge is 0.493 e. The third-order valence-corrected chi connectivity index (χ3v) is 4.15. The predicted octanol–water partition coefficient (Wildman–Crippen LogP) is 3.63. The fourth-order valence-electron chi connectivity index (χ4n) is 2.43. The topological polar surface area (TPSA) is 96.4 Å². The van der Waals surface area contributed by atoms with Gasteiger partial charge in [0.1, 0.15) is 5.75 Å². The lowest BCUT2D eigenvalue weighted by Crippen LogP contribution is -2.15. The molecule has 0 aliphatic carbocycles. The Hall–Kier alpha value is -2.96. The van der Waals surface area contributed by atoms with Gasteiger partial charge in [-0.05, 0) is 32.4 Å². The molecule has 2 aromatic rings. The Morgan fingerprint density at radius 2 is 2.04 bits per heavy atom. The van der Waals surface area contributed by atoms with E-state index in [9.17, 15) is 9.59 Å². The van der Waals surface area contributed by atoms with Gasteiger partial charge >= 0.3 is 0 Å². The number of hydrogen-bond donors (Lipinski definition) is 2. The Balaban J connectivity index is 1.99. The lowest BCUT2D eigenvalue weighted by Gasteiger charge is -2.09. The number of carbonyl (C=O) groups excluding carboxylic acids is 1. The number of anilines is 1. The Bertz CT molecular complexity index is 859. The van der Waals surface area contributed by atoms with Gasteiger partial charge in [-0.2, -0.15) is 5.10 Å². The molecule has 0 unspecified atom stereocenters. The number of hydrogen-bond acceptors (Lipinski definition) is 6. The molecule has 0 saturated carbocycles. The van der Waals surface area contributed by atoms with E-state index in [0.29, 0.717) is 29.2 Å². The van der Waals surface area contributed by atoms with Crippen LogP contribution in [-0.4, -0.2) is 28.6 Å². The van der Waals surface area contributed by atoms with Crippen molar-refractivity contribution < 1.29 is 9.53 Å². The predicted molar refractivity (Wildman–Crippen MR) is 107 cm³/mol. The molecule has 1 aromatic carbocycles. The van der Waals surface area contributed by atoms with Gasteiger partial charge in [-0.15, -0.1) is 0 Å². The summed E-state index contributed by atoms with van der Waals surface area (Å²) in [5, 5.41) is 3.88. The minimum absolute atomic E-state index is 0.188. The van der Waals surface area contributed by atoms with Gasteiger partial charge in [-0.25, -0.2) is 10.4 Å². The lowest BCUT2D eigenvalue weighted by molar-refractivity contribution is 0.106. The molecule has 0 aliphatic heterocycles. The number of carbonyl (C=O) groups is 1. The molecule has 0 saturated heterocycles. The smallest absolute Gasteiger partial charge is 0.255 e. The van der Waals surface area contributed by atoms with E-state index in [2.05, 4.69) is 27.4 Å². The Labute approximate surface area is 158 Å². The third kappa shape index (κ3) is 6.06. The van der Waals surface area contributed by atoms with Crippen LogP contribution in [0.4, 0.5) is 5.95 Å². The summed E-state index contributed by atoms with van der Waals surface area (Å²) in [4.78, 5) is 30.9. The molecule has 0 atom stereocenters. The first kappa shape index (κ1) is 20.4. The van der Waals surface area contributed by atoms with Gasteiger partial charge < -0.3 is 4.74 Å². The number of benzene rings is 1. The number of unbranched alkanes of at least 4 members (excludes halogenated alkanes) is 3. The summed E-state index contributed by atoms with van der Waals surface area (Å²) in [6, 6.07) is 7.08. The highest BCUT2D eigenvalue weighted by molar-refractivity contribution is 6.36. The average molecular weight is 370 g/mol. The summed E-state index contributed by atoms with van der Waals surface area (Å²) in [7, 11) is 0. The number of aromatic amines is 1. The number of hydrazone groups is 1. The van der Waals surface area contributed by atoms with Crippen LogP contribution in [0.2, 0.25) is 0 Å². The molecule has 2 N–H and O–H groups in total. The lowest BCUT2D eigenvalue weighted by atomic mass is 10.1. The van der Waals surface area contributed by atoms with Crippen molar-refractivity contribution in [2.75, 3.05) is 12.0 Å². The number of nitrogens with zero attached hydrogens (tertiary/aromatic N) is 2. The number of rotatable bonds is 10. The van der Waals surface area contributed by atoms with Gasteiger partial charge in [0, 0.05) is 11.3 Å². The zero-order chi connectivity index (χ0) is 19.6. The van der Waals surface area contributed by atoms with Crippen LogP contribution in [-0.2, 0) is 0 Å². The number of ketones is 1. The molecule has 0 fully saturated rings. The third-order valence-electron chi connectivity index (χ3n) is 4.15. The molecule has 7 heteroatoms. The second-order valence-electron chi connectivity index (χ2n) is 6.26.